The predicted molar refractivity (Wildman–Crippen MR) is 111 cm³/mol. The Labute approximate surface area is 163 Å². The zero-order valence-electron chi connectivity index (χ0n) is 15.8. The fraction of sp³-hybridized carbons (Fsp3) is 0.238. The zero-order chi connectivity index (χ0) is 19.2. The molecule has 2 aromatic carbocycles. The van der Waals surface area contributed by atoms with Crippen LogP contribution in [0, 0.1) is 13.8 Å². The number of amides is 2. The minimum absolute atomic E-state index is 0.180. The van der Waals surface area contributed by atoms with Crippen molar-refractivity contribution in [3.8, 4) is 11.3 Å². The summed E-state index contributed by atoms with van der Waals surface area (Å²) in [6.07, 6.45) is 0. The van der Waals surface area contributed by atoms with Crippen LogP contribution in [0.25, 0.3) is 11.3 Å². The van der Waals surface area contributed by atoms with Crippen molar-refractivity contribution in [2.45, 2.75) is 20.4 Å². The molecule has 5 nitrogen and oxygen atoms in total. The minimum atomic E-state index is -0.180. The van der Waals surface area contributed by atoms with Crippen LogP contribution < -0.4 is 15.4 Å². The standard InChI is InChI=1S/C21H24N4OS/c1-15-8-7-11-18(16(15)2)24-21-25(13-12-23-20(26)22-3)19(14-27-21)17-9-5-4-6-10-17/h4-11,14H,12-13H2,1-3H3,(H2,22,23,26). The van der Waals surface area contributed by atoms with Crippen molar-refractivity contribution >= 4 is 23.1 Å². The molecule has 0 aliphatic heterocycles. The third-order valence-electron chi connectivity index (χ3n) is 4.51. The molecular weight excluding hydrogens is 356 g/mol. The van der Waals surface area contributed by atoms with Crippen LogP contribution in [0.5, 0.6) is 0 Å². The molecule has 0 bridgehead atoms. The quantitative estimate of drug-likeness (QED) is 0.691. The van der Waals surface area contributed by atoms with E-state index in [0.717, 1.165) is 21.7 Å². The van der Waals surface area contributed by atoms with E-state index in [1.54, 1.807) is 18.4 Å². The van der Waals surface area contributed by atoms with E-state index in [4.69, 9.17) is 4.99 Å². The fourth-order valence-electron chi connectivity index (χ4n) is 2.80. The van der Waals surface area contributed by atoms with Crippen molar-refractivity contribution in [2.75, 3.05) is 13.6 Å². The highest BCUT2D eigenvalue weighted by molar-refractivity contribution is 7.07. The number of carbonyl (C=O) groups is 1. The van der Waals surface area contributed by atoms with Crippen molar-refractivity contribution in [3.05, 3.63) is 69.8 Å². The Kier molecular flexibility index (Phi) is 6.08. The van der Waals surface area contributed by atoms with Crippen LogP contribution in [-0.2, 0) is 6.54 Å². The van der Waals surface area contributed by atoms with Gasteiger partial charge in [-0.1, -0.05) is 42.5 Å². The summed E-state index contributed by atoms with van der Waals surface area (Å²) < 4.78 is 2.16. The molecule has 0 aliphatic carbocycles. The summed E-state index contributed by atoms with van der Waals surface area (Å²) in [4.78, 5) is 17.3. The molecular formula is C21H24N4OS. The average Bonchev–Trinajstić information content (AvgIpc) is 3.08. The van der Waals surface area contributed by atoms with Gasteiger partial charge in [0, 0.05) is 25.5 Å². The molecule has 1 aromatic heterocycles. The van der Waals surface area contributed by atoms with Gasteiger partial charge in [0.15, 0.2) is 4.80 Å². The number of nitrogens with one attached hydrogen (secondary N) is 2. The second kappa shape index (κ2) is 8.68. The third kappa shape index (κ3) is 4.46. The molecule has 27 heavy (non-hydrogen) atoms. The molecule has 140 valence electrons. The number of nitrogens with zero attached hydrogens (tertiary/aromatic N) is 2. The second-order valence-electron chi connectivity index (χ2n) is 6.26. The fourth-order valence-corrected chi connectivity index (χ4v) is 3.75. The molecule has 0 saturated heterocycles. The maximum absolute atomic E-state index is 11.5. The van der Waals surface area contributed by atoms with Gasteiger partial charge in [0.25, 0.3) is 0 Å². The molecule has 0 unspecified atom stereocenters. The Morgan fingerprint density at radius 3 is 2.63 bits per heavy atom. The summed E-state index contributed by atoms with van der Waals surface area (Å²) in [6, 6.07) is 16.2. The lowest BCUT2D eigenvalue weighted by atomic mass is 10.1. The van der Waals surface area contributed by atoms with E-state index in [1.165, 1.54) is 11.1 Å². The summed E-state index contributed by atoms with van der Waals surface area (Å²) in [5.74, 6) is 0. The van der Waals surface area contributed by atoms with Gasteiger partial charge in [-0.15, -0.1) is 11.3 Å². The van der Waals surface area contributed by atoms with Gasteiger partial charge in [-0.25, -0.2) is 9.79 Å². The number of aromatic nitrogens is 1. The number of aryl methyl sites for hydroxylation is 1. The molecule has 3 rings (SSSR count). The zero-order valence-corrected chi connectivity index (χ0v) is 16.6. The first-order valence-electron chi connectivity index (χ1n) is 8.90. The van der Waals surface area contributed by atoms with Crippen molar-refractivity contribution in [1.29, 1.82) is 0 Å². The van der Waals surface area contributed by atoms with Gasteiger partial charge < -0.3 is 15.2 Å². The summed E-state index contributed by atoms with van der Waals surface area (Å²) in [7, 11) is 1.61. The first kappa shape index (κ1) is 18.9. The lowest BCUT2D eigenvalue weighted by Crippen LogP contribution is -2.36. The van der Waals surface area contributed by atoms with Gasteiger partial charge in [0.1, 0.15) is 0 Å². The highest BCUT2D eigenvalue weighted by Gasteiger charge is 2.09. The molecule has 2 amide bonds. The van der Waals surface area contributed by atoms with Gasteiger partial charge in [0.2, 0.25) is 0 Å². The summed E-state index contributed by atoms with van der Waals surface area (Å²) in [5, 5.41) is 7.56. The Morgan fingerprint density at radius 1 is 1.11 bits per heavy atom. The van der Waals surface area contributed by atoms with Gasteiger partial charge in [-0.2, -0.15) is 0 Å². The monoisotopic (exact) mass is 380 g/mol. The number of benzene rings is 2. The number of carbonyl (C=O) groups excluding carboxylic acids is 1. The Balaban J connectivity index is 2.03. The van der Waals surface area contributed by atoms with Gasteiger partial charge in [0.05, 0.1) is 11.4 Å². The Hall–Kier alpha value is -2.86. The lowest BCUT2D eigenvalue weighted by molar-refractivity contribution is 0.242. The average molecular weight is 381 g/mol. The molecule has 0 fully saturated rings. The van der Waals surface area contributed by atoms with Gasteiger partial charge in [-0.3, -0.25) is 0 Å². The highest BCUT2D eigenvalue weighted by Crippen LogP contribution is 2.23. The van der Waals surface area contributed by atoms with E-state index >= 15 is 0 Å². The van der Waals surface area contributed by atoms with E-state index in [1.807, 2.05) is 30.3 Å². The van der Waals surface area contributed by atoms with E-state index in [9.17, 15) is 4.79 Å². The van der Waals surface area contributed by atoms with Crippen LogP contribution >= 0.6 is 11.3 Å². The second-order valence-corrected chi connectivity index (χ2v) is 7.09. The summed E-state index contributed by atoms with van der Waals surface area (Å²) in [5.41, 5.74) is 5.62. The number of thiazole rings is 1. The van der Waals surface area contributed by atoms with Crippen LogP contribution in [0.1, 0.15) is 11.1 Å². The third-order valence-corrected chi connectivity index (χ3v) is 5.37. The lowest BCUT2D eigenvalue weighted by Gasteiger charge is -2.10. The van der Waals surface area contributed by atoms with Crippen LogP contribution in [0.15, 0.2) is 58.9 Å². The molecule has 6 heteroatoms. The SMILES string of the molecule is CNC(=O)NCCn1c(-c2ccccc2)csc1=Nc1cccc(C)c1C. The number of hydrogen-bond donors (Lipinski definition) is 2. The van der Waals surface area contributed by atoms with E-state index in [0.29, 0.717) is 13.1 Å². The van der Waals surface area contributed by atoms with E-state index < -0.39 is 0 Å². The van der Waals surface area contributed by atoms with Crippen molar-refractivity contribution < 1.29 is 4.79 Å². The number of urea groups is 1. The van der Waals surface area contributed by atoms with Crippen LogP contribution in [0.4, 0.5) is 10.5 Å². The first-order valence-corrected chi connectivity index (χ1v) is 9.78. The molecule has 1 heterocycles. The summed E-state index contributed by atoms with van der Waals surface area (Å²) in [6.45, 7) is 5.36. The molecule has 0 spiro atoms. The molecule has 0 aliphatic rings. The van der Waals surface area contributed by atoms with Crippen LogP contribution in [-0.4, -0.2) is 24.2 Å². The van der Waals surface area contributed by atoms with Crippen LogP contribution in [0.2, 0.25) is 0 Å². The Bertz CT molecular complexity index is 989. The molecule has 3 aromatic rings. The summed E-state index contributed by atoms with van der Waals surface area (Å²) >= 11 is 1.61. The topological polar surface area (TPSA) is 58.4 Å². The van der Waals surface area contributed by atoms with Gasteiger partial charge in [-0.05, 0) is 36.6 Å². The maximum Gasteiger partial charge on any atom is 0.314 e. The highest BCUT2D eigenvalue weighted by atomic mass is 32.1. The number of rotatable bonds is 5. The minimum Gasteiger partial charge on any atom is -0.341 e. The molecule has 0 saturated carbocycles. The van der Waals surface area contributed by atoms with Gasteiger partial charge >= 0.3 is 6.03 Å². The predicted octanol–water partition coefficient (Wildman–Crippen LogP) is 3.99. The molecule has 2 N–H and O–H groups in total. The van der Waals surface area contributed by atoms with E-state index in [-0.39, 0.29) is 6.03 Å². The van der Waals surface area contributed by atoms with Crippen LogP contribution in [0.3, 0.4) is 0 Å². The number of hydrogen-bond acceptors (Lipinski definition) is 3. The van der Waals surface area contributed by atoms with Crippen molar-refractivity contribution in [2.24, 2.45) is 4.99 Å². The smallest absolute Gasteiger partial charge is 0.314 e. The normalized spacial score (nSPS) is 11.4. The van der Waals surface area contributed by atoms with Crippen molar-refractivity contribution in [3.63, 3.8) is 0 Å². The largest absolute Gasteiger partial charge is 0.341 e. The van der Waals surface area contributed by atoms with Crippen molar-refractivity contribution in [1.82, 2.24) is 15.2 Å². The Morgan fingerprint density at radius 2 is 1.89 bits per heavy atom. The molecule has 0 atom stereocenters. The van der Waals surface area contributed by atoms with E-state index in [2.05, 4.69) is 52.6 Å². The first-order chi connectivity index (χ1) is 13.1. The molecule has 0 radical (unpaired) electrons. The maximum atomic E-state index is 11.5.